The van der Waals surface area contributed by atoms with Gasteiger partial charge in [-0.3, -0.25) is 4.79 Å². The Bertz CT molecular complexity index is 1020. The van der Waals surface area contributed by atoms with Crippen molar-refractivity contribution in [3.63, 3.8) is 0 Å². The number of nitrogens with one attached hydrogen (secondary N) is 1. The molecule has 7 nitrogen and oxygen atoms in total. The predicted molar refractivity (Wildman–Crippen MR) is 114 cm³/mol. The van der Waals surface area contributed by atoms with Gasteiger partial charge in [0, 0.05) is 11.7 Å². The molecule has 2 aromatic rings. The summed E-state index contributed by atoms with van der Waals surface area (Å²) in [7, 11) is 0. The summed E-state index contributed by atoms with van der Waals surface area (Å²) in [6.07, 6.45) is -1.08. The van der Waals surface area contributed by atoms with E-state index < -0.39 is 36.5 Å². The molecule has 1 aliphatic carbocycles. The maximum Gasteiger partial charge on any atom is 0.407 e. The number of carboxylic acid groups (broad SMARTS) is 1. The topological polar surface area (TPSA) is 95.9 Å². The van der Waals surface area contributed by atoms with Crippen LogP contribution in [0.3, 0.4) is 0 Å². The van der Waals surface area contributed by atoms with E-state index in [-0.39, 0.29) is 24.2 Å². The molecule has 1 atom stereocenters. The number of thioether (sulfide) groups is 1. The van der Waals surface area contributed by atoms with E-state index in [1.165, 1.54) is 0 Å². The maximum absolute atomic E-state index is 14.3. The number of alkyl halides is 2. The molecule has 0 radical (unpaired) electrons. The lowest BCUT2D eigenvalue weighted by atomic mass is 9.98. The number of benzene rings is 2. The van der Waals surface area contributed by atoms with Crippen LogP contribution in [0.15, 0.2) is 48.5 Å². The number of ether oxygens (including phenoxy) is 1. The summed E-state index contributed by atoms with van der Waals surface area (Å²) in [5, 5.41) is 11.0. The van der Waals surface area contributed by atoms with Crippen LogP contribution in [0, 0.1) is 0 Å². The highest BCUT2D eigenvalue weighted by Crippen LogP contribution is 2.44. The molecule has 2 amide bonds. The number of hydrogen-bond donors (Lipinski definition) is 2. The minimum Gasteiger partial charge on any atom is -0.480 e. The zero-order valence-corrected chi connectivity index (χ0v) is 17.6. The molecular weight excluding hydrogens is 442 g/mol. The van der Waals surface area contributed by atoms with Crippen molar-refractivity contribution >= 4 is 29.7 Å². The van der Waals surface area contributed by atoms with Crippen molar-refractivity contribution in [3.05, 3.63) is 59.7 Å². The van der Waals surface area contributed by atoms with E-state index in [0.717, 1.165) is 34.0 Å². The van der Waals surface area contributed by atoms with Gasteiger partial charge in [-0.25, -0.2) is 9.59 Å². The monoisotopic (exact) mass is 462 g/mol. The van der Waals surface area contributed by atoms with Gasteiger partial charge in [0.05, 0.1) is 12.4 Å². The van der Waals surface area contributed by atoms with E-state index in [9.17, 15) is 23.2 Å². The summed E-state index contributed by atoms with van der Waals surface area (Å²) in [6.45, 7) is -1.33. The number of rotatable bonds is 6. The predicted octanol–water partition coefficient (Wildman–Crippen LogP) is 3.15. The SMILES string of the molecule is O=C(NCC(F)(F)C(=O)N1CSC[C@H]1C(=O)O)OCC1c2ccccc2-c2ccccc21. The van der Waals surface area contributed by atoms with Crippen molar-refractivity contribution in [1.29, 1.82) is 0 Å². The van der Waals surface area contributed by atoms with Gasteiger partial charge in [-0.05, 0) is 22.3 Å². The molecule has 2 aliphatic rings. The van der Waals surface area contributed by atoms with Crippen LogP contribution in [-0.2, 0) is 14.3 Å². The Morgan fingerprint density at radius 3 is 2.28 bits per heavy atom. The molecule has 2 aromatic carbocycles. The van der Waals surface area contributed by atoms with Crippen molar-refractivity contribution in [3.8, 4) is 11.1 Å². The smallest absolute Gasteiger partial charge is 0.407 e. The summed E-state index contributed by atoms with van der Waals surface area (Å²) >= 11 is 1.08. The first-order chi connectivity index (χ1) is 15.3. The zero-order valence-electron chi connectivity index (χ0n) is 16.8. The van der Waals surface area contributed by atoms with E-state index >= 15 is 0 Å². The van der Waals surface area contributed by atoms with E-state index in [1.54, 1.807) is 0 Å². The van der Waals surface area contributed by atoms with Gasteiger partial charge in [0.25, 0.3) is 5.91 Å². The first kappa shape index (κ1) is 22.1. The highest BCUT2D eigenvalue weighted by atomic mass is 32.2. The molecule has 0 saturated carbocycles. The van der Waals surface area contributed by atoms with Gasteiger partial charge in [-0.2, -0.15) is 8.78 Å². The summed E-state index contributed by atoms with van der Waals surface area (Å²) in [4.78, 5) is 36.0. The molecule has 10 heteroatoms. The van der Waals surface area contributed by atoms with Gasteiger partial charge in [0.15, 0.2) is 0 Å². The second kappa shape index (κ2) is 8.78. The van der Waals surface area contributed by atoms with Crippen LogP contribution < -0.4 is 5.32 Å². The molecule has 168 valence electrons. The van der Waals surface area contributed by atoms with Gasteiger partial charge in [-0.1, -0.05) is 48.5 Å². The van der Waals surface area contributed by atoms with Gasteiger partial charge in [0.1, 0.15) is 12.6 Å². The maximum atomic E-state index is 14.3. The second-order valence-corrected chi connectivity index (χ2v) is 8.51. The van der Waals surface area contributed by atoms with Crippen molar-refractivity contribution in [2.75, 3.05) is 24.8 Å². The quantitative estimate of drug-likeness (QED) is 0.685. The van der Waals surface area contributed by atoms with Crippen molar-refractivity contribution < 1.29 is 33.0 Å². The minimum atomic E-state index is -3.95. The highest BCUT2D eigenvalue weighted by Gasteiger charge is 2.47. The largest absolute Gasteiger partial charge is 0.480 e. The van der Waals surface area contributed by atoms with E-state index in [1.807, 2.05) is 53.8 Å². The molecule has 1 heterocycles. The highest BCUT2D eigenvalue weighted by molar-refractivity contribution is 7.99. The fourth-order valence-electron chi connectivity index (χ4n) is 3.97. The number of carbonyl (C=O) groups excluding carboxylic acids is 2. The van der Waals surface area contributed by atoms with Gasteiger partial charge in [0.2, 0.25) is 0 Å². The van der Waals surface area contributed by atoms with Gasteiger partial charge < -0.3 is 20.1 Å². The normalized spacial score (nSPS) is 17.6. The first-order valence-corrected chi connectivity index (χ1v) is 11.0. The fraction of sp³-hybridized carbons (Fsp3) is 0.318. The molecule has 0 spiro atoms. The van der Waals surface area contributed by atoms with Crippen LogP contribution in [0.1, 0.15) is 17.0 Å². The summed E-state index contributed by atoms with van der Waals surface area (Å²) in [6, 6.07) is 14.1. The number of nitrogens with zero attached hydrogens (tertiary/aromatic N) is 1. The molecule has 1 saturated heterocycles. The van der Waals surface area contributed by atoms with Crippen LogP contribution >= 0.6 is 11.8 Å². The molecule has 1 aliphatic heterocycles. The van der Waals surface area contributed by atoms with Crippen LogP contribution in [0.25, 0.3) is 11.1 Å². The number of amides is 2. The Morgan fingerprint density at radius 1 is 1.09 bits per heavy atom. The van der Waals surface area contributed by atoms with Crippen LogP contribution in [0.5, 0.6) is 0 Å². The molecule has 2 N–H and O–H groups in total. The number of aliphatic carboxylic acids is 1. The third-order valence-electron chi connectivity index (χ3n) is 5.54. The molecule has 32 heavy (non-hydrogen) atoms. The zero-order chi connectivity index (χ0) is 22.9. The summed E-state index contributed by atoms with van der Waals surface area (Å²) < 4.78 is 33.9. The van der Waals surface area contributed by atoms with E-state index in [2.05, 4.69) is 0 Å². The van der Waals surface area contributed by atoms with Crippen LogP contribution in [0.4, 0.5) is 13.6 Å². The van der Waals surface area contributed by atoms with Gasteiger partial charge in [-0.15, -0.1) is 11.8 Å². The second-order valence-electron chi connectivity index (χ2n) is 7.51. The summed E-state index contributed by atoms with van der Waals surface area (Å²) in [5.41, 5.74) is 4.03. The number of fused-ring (bicyclic) bond motifs is 3. The average molecular weight is 462 g/mol. The van der Waals surface area contributed by atoms with Crippen LogP contribution in [-0.4, -0.2) is 64.7 Å². The van der Waals surface area contributed by atoms with Crippen molar-refractivity contribution in [1.82, 2.24) is 10.2 Å². The average Bonchev–Trinajstić information content (AvgIpc) is 3.39. The Kier molecular flexibility index (Phi) is 6.05. The molecule has 4 rings (SSSR count). The lowest BCUT2D eigenvalue weighted by Crippen LogP contribution is -2.53. The lowest BCUT2D eigenvalue weighted by molar-refractivity contribution is -0.162. The Balaban J connectivity index is 1.36. The van der Waals surface area contributed by atoms with Gasteiger partial charge >= 0.3 is 18.0 Å². The summed E-state index contributed by atoms with van der Waals surface area (Å²) in [5.74, 6) is -7.26. The third-order valence-corrected chi connectivity index (χ3v) is 6.55. The Morgan fingerprint density at radius 2 is 1.69 bits per heavy atom. The Labute approximate surface area is 186 Å². The molecule has 0 aromatic heterocycles. The van der Waals surface area contributed by atoms with E-state index in [4.69, 9.17) is 9.84 Å². The van der Waals surface area contributed by atoms with E-state index in [0.29, 0.717) is 4.90 Å². The molecule has 1 fully saturated rings. The third kappa shape index (κ3) is 4.14. The minimum absolute atomic E-state index is 0.0387. The number of carbonyl (C=O) groups is 3. The number of alkyl carbamates (subject to hydrolysis) is 1. The first-order valence-electron chi connectivity index (χ1n) is 9.88. The van der Waals surface area contributed by atoms with Crippen molar-refractivity contribution in [2.24, 2.45) is 0 Å². The molecule has 0 unspecified atom stereocenters. The number of carboxylic acids is 1. The van der Waals surface area contributed by atoms with Crippen molar-refractivity contribution in [2.45, 2.75) is 17.9 Å². The number of halogens is 2. The standard InChI is InChI=1S/C22H20F2N2O5S/c23-22(24,20(29)26-12-32-10-18(26)19(27)28)11-25-21(30)31-9-17-15-7-3-1-5-13(15)14-6-2-4-8-16(14)17/h1-8,17-18H,9-12H2,(H,25,30)(H,27,28)/t18-/m0/s1. The lowest BCUT2D eigenvalue weighted by Gasteiger charge is -2.25. The Hall–Kier alpha value is -3.14. The van der Waals surface area contributed by atoms with Crippen LogP contribution in [0.2, 0.25) is 0 Å². The molecule has 0 bridgehead atoms. The molecular formula is C22H20F2N2O5S. The number of hydrogen-bond acceptors (Lipinski definition) is 5. The fourth-order valence-corrected chi connectivity index (χ4v) is 5.11.